The minimum absolute atomic E-state index is 0.0294. The zero-order valence-corrected chi connectivity index (χ0v) is 25.5. The van der Waals surface area contributed by atoms with Gasteiger partial charge in [0, 0.05) is 23.8 Å². The van der Waals surface area contributed by atoms with E-state index in [4.69, 9.17) is 4.74 Å². The highest BCUT2D eigenvalue weighted by atomic mass is 32.1. The number of nitrogens with one attached hydrogen (secondary N) is 2. The van der Waals surface area contributed by atoms with Crippen LogP contribution in [0.3, 0.4) is 0 Å². The summed E-state index contributed by atoms with van der Waals surface area (Å²) in [6.07, 6.45) is 1.59. The lowest BCUT2D eigenvalue weighted by Crippen LogP contribution is -2.61. The predicted octanol–water partition coefficient (Wildman–Crippen LogP) is 3.91. The molecule has 3 N–H and O–H groups in total. The third kappa shape index (κ3) is 8.76. The van der Waals surface area contributed by atoms with Crippen LogP contribution < -0.4 is 15.4 Å². The molecule has 1 aromatic rings. The molecule has 0 bridgehead atoms. The number of carboxylic acids is 1. The molecule has 1 rings (SSSR count). The van der Waals surface area contributed by atoms with Crippen LogP contribution in [0.4, 0.5) is 0 Å². The largest absolute Gasteiger partial charge is 0.493 e. The standard InChI is InChI=1S/C29H47N3O5S/c1-18(2)22(17-19(3)27(35)36)32(10)26(34)24(28(4,5)6)31-25(33)23(30-9)29(7,8)20-11-13-21(14-12-20)37-15-16-38/h11-14,17-18,22-24,30,38H,15-16H2,1-10H3,(H,31,33)(H,35,36)/b19-17+/t22-,23-,24-/m1/s1. The second kappa shape index (κ2) is 14.0. The Kier molecular flexibility index (Phi) is 12.4. The summed E-state index contributed by atoms with van der Waals surface area (Å²) in [5.74, 6) is -0.288. The molecule has 38 heavy (non-hydrogen) atoms. The normalized spacial score (nSPS) is 15.0. The monoisotopic (exact) mass is 549 g/mol. The van der Waals surface area contributed by atoms with Crippen LogP contribution in [-0.2, 0) is 19.8 Å². The number of aliphatic carboxylic acids is 1. The molecule has 214 valence electrons. The van der Waals surface area contributed by atoms with E-state index >= 15 is 0 Å². The van der Waals surface area contributed by atoms with Crippen molar-refractivity contribution in [2.45, 2.75) is 78.9 Å². The van der Waals surface area contributed by atoms with Gasteiger partial charge in [-0.05, 0) is 43.0 Å². The number of carboxylic acid groups (broad SMARTS) is 1. The number of amides is 2. The van der Waals surface area contributed by atoms with Crippen molar-refractivity contribution in [3.63, 3.8) is 0 Å². The van der Waals surface area contributed by atoms with E-state index in [-0.39, 0.29) is 23.3 Å². The van der Waals surface area contributed by atoms with Gasteiger partial charge in [0.05, 0.1) is 18.7 Å². The minimum atomic E-state index is -1.03. The summed E-state index contributed by atoms with van der Waals surface area (Å²) >= 11 is 4.17. The lowest BCUT2D eigenvalue weighted by Gasteiger charge is -2.40. The number of carbonyl (C=O) groups excluding carboxylic acids is 2. The molecule has 0 radical (unpaired) electrons. The summed E-state index contributed by atoms with van der Waals surface area (Å²) in [6, 6.07) is 5.72. The molecule has 0 unspecified atom stereocenters. The number of carbonyl (C=O) groups is 3. The molecule has 0 heterocycles. The van der Waals surface area contributed by atoms with Gasteiger partial charge >= 0.3 is 5.97 Å². The maximum absolute atomic E-state index is 13.8. The van der Waals surface area contributed by atoms with Crippen molar-refractivity contribution in [2.75, 3.05) is 26.5 Å². The zero-order chi connectivity index (χ0) is 29.4. The predicted molar refractivity (Wildman–Crippen MR) is 156 cm³/mol. The van der Waals surface area contributed by atoms with Gasteiger partial charge in [-0.15, -0.1) is 0 Å². The minimum Gasteiger partial charge on any atom is -0.493 e. The van der Waals surface area contributed by atoms with Crippen molar-refractivity contribution in [3.05, 3.63) is 41.5 Å². The molecule has 0 aliphatic heterocycles. The van der Waals surface area contributed by atoms with E-state index in [1.165, 1.54) is 11.8 Å². The number of hydrogen-bond acceptors (Lipinski definition) is 6. The number of hydrogen-bond donors (Lipinski definition) is 4. The summed E-state index contributed by atoms with van der Waals surface area (Å²) in [7, 11) is 3.38. The molecule has 8 nitrogen and oxygen atoms in total. The van der Waals surface area contributed by atoms with Crippen LogP contribution in [0.15, 0.2) is 35.9 Å². The molecule has 0 spiro atoms. The Morgan fingerprint density at radius 2 is 1.63 bits per heavy atom. The number of thiol groups is 1. The van der Waals surface area contributed by atoms with Crippen molar-refractivity contribution in [2.24, 2.45) is 11.3 Å². The highest BCUT2D eigenvalue weighted by Gasteiger charge is 2.41. The Morgan fingerprint density at radius 3 is 2.05 bits per heavy atom. The third-order valence-electron chi connectivity index (χ3n) is 6.87. The lowest BCUT2D eigenvalue weighted by molar-refractivity contribution is -0.141. The molecule has 0 fully saturated rings. The third-order valence-corrected chi connectivity index (χ3v) is 7.05. The summed E-state index contributed by atoms with van der Waals surface area (Å²) < 4.78 is 5.62. The van der Waals surface area contributed by atoms with Gasteiger partial charge < -0.3 is 25.4 Å². The molecule has 0 saturated carbocycles. The Labute approximate surface area is 234 Å². The van der Waals surface area contributed by atoms with Crippen LogP contribution >= 0.6 is 12.6 Å². The van der Waals surface area contributed by atoms with Crippen LogP contribution in [0.5, 0.6) is 5.75 Å². The molecule has 0 aromatic heterocycles. The molecule has 0 aliphatic rings. The molecular weight excluding hydrogens is 502 g/mol. The summed E-state index contributed by atoms with van der Waals surface area (Å²) in [4.78, 5) is 40.4. The van der Waals surface area contributed by atoms with E-state index < -0.39 is 34.9 Å². The van der Waals surface area contributed by atoms with Crippen LogP contribution in [-0.4, -0.2) is 72.4 Å². The zero-order valence-electron chi connectivity index (χ0n) is 24.6. The van der Waals surface area contributed by atoms with Gasteiger partial charge in [0.25, 0.3) is 0 Å². The smallest absolute Gasteiger partial charge is 0.331 e. The van der Waals surface area contributed by atoms with Gasteiger partial charge in [-0.25, -0.2) is 4.79 Å². The lowest BCUT2D eigenvalue weighted by atomic mass is 9.76. The molecule has 1 aromatic carbocycles. The SMILES string of the molecule is CN[C@H](C(=O)N[C@H](C(=O)N(C)[C@H](/C=C(\C)C(=O)O)C(C)C)C(C)(C)C)C(C)(C)c1ccc(OCCS)cc1. The number of ether oxygens (including phenoxy) is 1. The van der Waals surface area contributed by atoms with Gasteiger partial charge in [-0.3, -0.25) is 9.59 Å². The van der Waals surface area contributed by atoms with E-state index in [1.807, 2.05) is 72.7 Å². The van der Waals surface area contributed by atoms with E-state index in [9.17, 15) is 19.5 Å². The highest BCUT2D eigenvalue weighted by Crippen LogP contribution is 2.30. The number of likely N-dealkylation sites (N-methyl/N-ethyl adjacent to an activating group) is 2. The maximum Gasteiger partial charge on any atom is 0.331 e. The van der Waals surface area contributed by atoms with Crippen molar-refractivity contribution >= 4 is 30.4 Å². The van der Waals surface area contributed by atoms with Crippen LogP contribution in [0.2, 0.25) is 0 Å². The first kappa shape index (κ1) is 33.5. The highest BCUT2D eigenvalue weighted by molar-refractivity contribution is 7.80. The number of nitrogens with zero attached hydrogens (tertiary/aromatic N) is 1. The van der Waals surface area contributed by atoms with Gasteiger partial charge in [0.15, 0.2) is 0 Å². The summed E-state index contributed by atoms with van der Waals surface area (Å²) in [6.45, 7) is 15.5. The summed E-state index contributed by atoms with van der Waals surface area (Å²) in [5.41, 5.74) is -0.100. The first-order valence-electron chi connectivity index (χ1n) is 13.0. The number of rotatable bonds is 13. The molecule has 2 amide bonds. The van der Waals surface area contributed by atoms with E-state index in [1.54, 1.807) is 20.2 Å². The molecule has 3 atom stereocenters. The average molecular weight is 550 g/mol. The fraction of sp³-hybridized carbons (Fsp3) is 0.621. The van der Waals surface area contributed by atoms with E-state index in [0.717, 1.165) is 11.3 Å². The van der Waals surface area contributed by atoms with E-state index in [2.05, 4.69) is 23.3 Å². The Hall–Kier alpha value is -2.52. The van der Waals surface area contributed by atoms with Crippen LogP contribution in [0.25, 0.3) is 0 Å². The topological polar surface area (TPSA) is 108 Å². The van der Waals surface area contributed by atoms with Gasteiger partial charge in [0.2, 0.25) is 11.8 Å². The van der Waals surface area contributed by atoms with Crippen molar-refractivity contribution < 1.29 is 24.2 Å². The Bertz CT molecular complexity index is 983. The molecular formula is C29H47N3O5S. The second-order valence-corrected chi connectivity index (χ2v) is 12.1. The molecule has 0 aliphatic carbocycles. The number of benzene rings is 1. The quantitative estimate of drug-likeness (QED) is 0.220. The second-order valence-electron chi connectivity index (χ2n) is 11.7. The van der Waals surface area contributed by atoms with Gasteiger partial charge in [0.1, 0.15) is 11.8 Å². The summed E-state index contributed by atoms with van der Waals surface area (Å²) in [5, 5.41) is 15.5. The fourth-order valence-electron chi connectivity index (χ4n) is 4.43. The van der Waals surface area contributed by atoms with Crippen LogP contribution in [0.1, 0.15) is 61.0 Å². The molecule has 9 heteroatoms. The first-order chi connectivity index (χ1) is 17.5. The molecule has 0 saturated heterocycles. The Balaban J connectivity index is 3.27. The van der Waals surface area contributed by atoms with Gasteiger partial charge in [-0.2, -0.15) is 12.6 Å². The van der Waals surface area contributed by atoms with Crippen LogP contribution in [0, 0.1) is 11.3 Å². The van der Waals surface area contributed by atoms with Crippen molar-refractivity contribution in [1.82, 2.24) is 15.5 Å². The Morgan fingerprint density at radius 1 is 1.08 bits per heavy atom. The first-order valence-corrected chi connectivity index (χ1v) is 13.6. The average Bonchev–Trinajstić information content (AvgIpc) is 2.83. The van der Waals surface area contributed by atoms with Crippen molar-refractivity contribution in [3.8, 4) is 5.75 Å². The van der Waals surface area contributed by atoms with Crippen molar-refractivity contribution in [1.29, 1.82) is 0 Å². The van der Waals surface area contributed by atoms with E-state index in [0.29, 0.717) is 12.4 Å². The fourth-order valence-corrected chi connectivity index (χ4v) is 4.53. The van der Waals surface area contributed by atoms with Gasteiger partial charge in [-0.1, -0.05) is 66.7 Å². The maximum atomic E-state index is 13.8.